The first-order chi connectivity index (χ1) is 16.4. The maximum atomic E-state index is 12.2. The van der Waals surface area contributed by atoms with Crippen LogP contribution < -0.4 is 15.8 Å². The van der Waals surface area contributed by atoms with Crippen molar-refractivity contribution in [3.63, 3.8) is 0 Å². The number of hydrogen-bond donors (Lipinski definition) is 3. The summed E-state index contributed by atoms with van der Waals surface area (Å²) in [6.07, 6.45) is 0.753. The van der Waals surface area contributed by atoms with E-state index < -0.39 is 28.1 Å². The summed E-state index contributed by atoms with van der Waals surface area (Å²) in [4.78, 5) is 24.1. The molecule has 1 amide bonds. The van der Waals surface area contributed by atoms with Crippen LogP contribution in [-0.4, -0.2) is 59.1 Å². The molecule has 0 saturated heterocycles. The van der Waals surface area contributed by atoms with Crippen molar-refractivity contribution in [2.24, 2.45) is 5.73 Å². The summed E-state index contributed by atoms with van der Waals surface area (Å²) in [6, 6.07) is 15.2. The van der Waals surface area contributed by atoms with Gasteiger partial charge in [-0.05, 0) is 41.5 Å². The van der Waals surface area contributed by atoms with Gasteiger partial charge < -0.3 is 20.5 Å². The van der Waals surface area contributed by atoms with E-state index in [9.17, 15) is 18.0 Å². The van der Waals surface area contributed by atoms with Crippen molar-refractivity contribution in [2.75, 3.05) is 32.6 Å². The summed E-state index contributed by atoms with van der Waals surface area (Å²) in [5.74, 6) is -0.949. The van der Waals surface area contributed by atoms with Gasteiger partial charge in [0.2, 0.25) is 10.0 Å². The van der Waals surface area contributed by atoms with Crippen molar-refractivity contribution in [1.82, 2.24) is 10.0 Å². The number of nitrogens with one attached hydrogen (secondary N) is 2. The summed E-state index contributed by atoms with van der Waals surface area (Å²) in [7, 11) is -2.47. The zero-order chi connectivity index (χ0) is 24.6. The molecule has 1 atom stereocenters. The summed E-state index contributed by atoms with van der Waals surface area (Å²) in [5.41, 5.74) is 9.90. The zero-order valence-electron chi connectivity index (χ0n) is 19.2. The van der Waals surface area contributed by atoms with Crippen LogP contribution >= 0.6 is 0 Å². The maximum absolute atomic E-state index is 12.2. The summed E-state index contributed by atoms with van der Waals surface area (Å²) in [5, 5.41) is 2.71. The highest BCUT2D eigenvalue weighted by atomic mass is 32.2. The van der Waals surface area contributed by atoms with Crippen LogP contribution in [0.2, 0.25) is 0 Å². The van der Waals surface area contributed by atoms with Gasteiger partial charge in [0.1, 0.15) is 12.6 Å². The van der Waals surface area contributed by atoms with Crippen LogP contribution in [0.25, 0.3) is 11.1 Å². The van der Waals surface area contributed by atoms with Gasteiger partial charge in [0.25, 0.3) is 0 Å². The maximum Gasteiger partial charge on any atom is 0.407 e. The molecular formula is C24H31N3O6S. The van der Waals surface area contributed by atoms with Gasteiger partial charge in [-0.2, -0.15) is 0 Å². The van der Waals surface area contributed by atoms with Crippen molar-refractivity contribution in [3.05, 3.63) is 59.7 Å². The third kappa shape index (κ3) is 6.55. The highest BCUT2D eigenvalue weighted by molar-refractivity contribution is 7.89. The molecule has 0 heterocycles. The predicted octanol–water partition coefficient (Wildman–Crippen LogP) is 2.12. The topological polar surface area (TPSA) is 137 Å². The molecule has 2 aromatic carbocycles. The number of benzene rings is 2. The molecule has 34 heavy (non-hydrogen) atoms. The van der Waals surface area contributed by atoms with E-state index in [0.717, 1.165) is 22.3 Å². The van der Waals surface area contributed by atoms with Crippen LogP contribution in [0.1, 0.15) is 36.3 Å². The molecule has 0 fully saturated rings. The number of carbonyl (C=O) groups excluding carboxylic acids is 2. The van der Waals surface area contributed by atoms with Gasteiger partial charge in [-0.3, -0.25) is 4.79 Å². The Morgan fingerprint density at radius 3 is 2.24 bits per heavy atom. The summed E-state index contributed by atoms with van der Waals surface area (Å²) in [6.45, 7) is 0.514. The molecule has 0 bridgehead atoms. The van der Waals surface area contributed by atoms with Crippen LogP contribution in [0.5, 0.6) is 0 Å². The highest BCUT2D eigenvalue weighted by Gasteiger charge is 2.29. The number of sulfonamides is 1. The van der Waals surface area contributed by atoms with Crippen molar-refractivity contribution < 1.29 is 27.5 Å². The fourth-order valence-electron chi connectivity index (χ4n) is 4.11. The molecule has 184 valence electrons. The first-order valence-corrected chi connectivity index (χ1v) is 12.9. The second-order valence-electron chi connectivity index (χ2n) is 8.05. The largest absolute Gasteiger partial charge is 0.468 e. The van der Waals surface area contributed by atoms with Crippen molar-refractivity contribution in [2.45, 2.75) is 31.2 Å². The quantitative estimate of drug-likeness (QED) is 0.307. The lowest BCUT2D eigenvalue weighted by Gasteiger charge is -2.16. The first kappa shape index (κ1) is 25.7. The number of fused-ring (bicyclic) bond motifs is 3. The second kappa shape index (κ2) is 12.0. The van der Waals surface area contributed by atoms with Crippen molar-refractivity contribution in [1.29, 1.82) is 0 Å². The summed E-state index contributed by atoms with van der Waals surface area (Å²) < 4.78 is 36.3. The molecule has 4 N–H and O–H groups in total. The lowest BCUT2D eigenvalue weighted by molar-refractivity contribution is -0.142. The Bertz CT molecular complexity index is 1060. The number of hydrogen-bond acceptors (Lipinski definition) is 7. The van der Waals surface area contributed by atoms with Gasteiger partial charge in [0, 0.05) is 19.0 Å². The summed E-state index contributed by atoms with van der Waals surface area (Å²) >= 11 is 0. The van der Waals surface area contributed by atoms with Crippen LogP contribution in [0.4, 0.5) is 4.79 Å². The Labute approximate surface area is 200 Å². The van der Waals surface area contributed by atoms with Crippen molar-refractivity contribution in [3.8, 4) is 11.1 Å². The number of alkyl carbamates (subject to hydrolysis) is 1. The molecule has 0 spiro atoms. The smallest absolute Gasteiger partial charge is 0.407 e. The monoisotopic (exact) mass is 489 g/mol. The number of methoxy groups -OCH3 is 1. The van der Waals surface area contributed by atoms with E-state index >= 15 is 0 Å². The van der Waals surface area contributed by atoms with E-state index in [2.05, 4.69) is 39.0 Å². The SMILES string of the molecule is COC(=O)[C@H](CCCCNC(=O)OCC1c2ccccc2-c2ccccc21)NS(=O)(=O)CCN. The average Bonchev–Trinajstić information content (AvgIpc) is 3.15. The third-order valence-corrected chi connectivity index (χ3v) is 7.14. The number of ether oxygens (including phenoxy) is 2. The molecule has 2 aromatic rings. The minimum Gasteiger partial charge on any atom is -0.468 e. The van der Waals surface area contributed by atoms with Gasteiger partial charge in [-0.25, -0.2) is 17.9 Å². The standard InChI is InChI=1S/C24H31N3O6S/c1-32-23(28)22(27-34(30,31)15-13-25)12-6-7-14-26-24(29)33-16-21-19-10-4-2-8-17(19)18-9-3-5-11-20(18)21/h2-5,8-11,21-22,27H,6-7,12-16,25H2,1H3,(H,26,29)/t22-/m0/s1. The van der Waals surface area contributed by atoms with E-state index in [1.165, 1.54) is 7.11 Å². The third-order valence-electron chi connectivity index (χ3n) is 5.73. The number of esters is 1. The molecule has 0 saturated carbocycles. The van der Waals surface area contributed by atoms with Gasteiger partial charge >= 0.3 is 12.1 Å². The van der Waals surface area contributed by atoms with E-state index in [4.69, 9.17) is 10.5 Å². The first-order valence-electron chi connectivity index (χ1n) is 11.2. The molecule has 0 radical (unpaired) electrons. The number of carbonyl (C=O) groups is 2. The minimum atomic E-state index is -3.67. The molecule has 1 aliphatic rings. The molecule has 1 aliphatic carbocycles. The molecule has 0 aromatic heterocycles. The van der Waals surface area contributed by atoms with Crippen molar-refractivity contribution >= 4 is 22.1 Å². The van der Waals surface area contributed by atoms with Crippen LogP contribution in [0.15, 0.2) is 48.5 Å². The molecule has 9 nitrogen and oxygen atoms in total. The van der Waals surface area contributed by atoms with Gasteiger partial charge in [-0.1, -0.05) is 48.5 Å². The van der Waals surface area contributed by atoms with E-state index in [-0.39, 0.29) is 31.2 Å². The normalized spacial score (nSPS) is 13.6. The zero-order valence-corrected chi connectivity index (χ0v) is 20.0. The number of nitrogens with two attached hydrogens (primary N) is 1. The Hall–Kier alpha value is -2.95. The molecular weight excluding hydrogens is 458 g/mol. The number of amides is 1. The Kier molecular flexibility index (Phi) is 9.03. The lowest BCUT2D eigenvalue weighted by Crippen LogP contribution is -2.43. The highest BCUT2D eigenvalue weighted by Crippen LogP contribution is 2.44. The van der Waals surface area contributed by atoms with E-state index in [1.54, 1.807) is 0 Å². The van der Waals surface area contributed by atoms with Gasteiger partial charge in [0.05, 0.1) is 12.9 Å². The van der Waals surface area contributed by atoms with Crippen LogP contribution in [0.3, 0.4) is 0 Å². The Morgan fingerprint density at radius 1 is 1.03 bits per heavy atom. The fraction of sp³-hybridized carbons (Fsp3) is 0.417. The van der Waals surface area contributed by atoms with E-state index in [0.29, 0.717) is 19.4 Å². The molecule has 0 aliphatic heterocycles. The van der Waals surface area contributed by atoms with Crippen LogP contribution in [-0.2, 0) is 24.3 Å². The van der Waals surface area contributed by atoms with Crippen LogP contribution in [0, 0.1) is 0 Å². The number of unbranched alkanes of at least 4 members (excludes halogenated alkanes) is 1. The Balaban J connectivity index is 1.43. The average molecular weight is 490 g/mol. The fourth-order valence-corrected chi connectivity index (χ4v) is 5.19. The molecule has 3 rings (SSSR count). The molecule has 0 unspecified atom stereocenters. The Morgan fingerprint density at radius 2 is 1.65 bits per heavy atom. The minimum absolute atomic E-state index is 0.0134. The molecule has 10 heteroatoms. The predicted molar refractivity (Wildman–Crippen MR) is 129 cm³/mol. The van der Waals surface area contributed by atoms with Gasteiger partial charge in [-0.15, -0.1) is 0 Å². The van der Waals surface area contributed by atoms with Gasteiger partial charge in [0.15, 0.2) is 0 Å². The van der Waals surface area contributed by atoms with E-state index in [1.807, 2.05) is 24.3 Å². The second-order valence-corrected chi connectivity index (χ2v) is 9.92. The number of rotatable bonds is 12. The lowest BCUT2D eigenvalue weighted by atomic mass is 9.98.